The van der Waals surface area contributed by atoms with Crippen molar-refractivity contribution in [3.05, 3.63) is 23.3 Å². The number of hydrogen-bond acceptors (Lipinski definition) is 12. The molecule has 5 aliphatic carbocycles. The van der Waals surface area contributed by atoms with E-state index in [2.05, 4.69) is 60.6 Å². The Kier molecular flexibility index (Phi) is 10.7. The van der Waals surface area contributed by atoms with E-state index in [9.17, 15) is 40.9 Å². The predicted molar refractivity (Wildman–Crippen MR) is 197 cm³/mol. The summed E-state index contributed by atoms with van der Waals surface area (Å²) in [5, 5.41) is 83.8. The molecule has 2 saturated heterocycles. The molecule has 7 aliphatic rings. The molecular weight excluding hydrogens is 696 g/mol. The molecule has 54 heavy (non-hydrogen) atoms. The van der Waals surface area contributed by atoms with E-state index in [1.54, 1.807) is 5.57 Å². The summed E-state index contributed by atoms with van der Waals surface area (Å²) in [6, 6.07) is 0. The van der Waals surface area contributed by atoms with Crippen molar-refractivity contribution in [3.8, 4) is 0 Å². The highest BCUT2D eigenvalue weighted by atomic mass is 16.8. The van der Waals surface area contributed by atoms with Crippen LogP contribution in [0.3, 0.4) is 0 Å². The Morgan fingerprint density at radius 1 is 0.685 bits per heavy atom. The van der Waals surface area contributed by atoms with Gasteiger partial charge in [0, 0.05) is 6.61 Å². The molecule has 8 N–H and O–H groups in total. The smallest absolute Gasteiger partial charge is 0.187 e. The topological polar surface area (TPSA) is 199 Å². The minimum Gasteiger partial charge on any atom is -0.396 e. The van der Waals surface area contributed by atoms with Crippen molar-refractivity contribution in [2.24, 2.45) is 44.3 Å². The van der Waals surface area contributed by atoms with E-state index < -0.39 is 74.6 Å². The first-order valence-electron chi connectivity index (χ1n) is 20.5. The molecule has 0 spiro atoms. The lowest BCUT2D eigenvalue weighted by Gasteiger charge is -2.69. The second-order valence-corrected chi connectivity index (χ2v) is 20.3. The van der Waals surface area contributed by atoms with Crippen LogP contribution in [0.4, 0.5) is 0 Å². The highest BCUT2D eigenvalue weighted by Gasteiger charge is 2.67. The molecule has 12 heteroatoms. The first-order chi connectivity index (χ1) is 25.2. The van der Waals surface area contributed by atoms with E-state index in [-0.39, 0.29) is 51.1 Å². The quantitative estimate of drug-likeness (QED) is 0.177. The Balaban J connectivity index is 1.16. The van der Waals surface area contributed by atoms with Crippen molar-refractivity contribution in [3.63, 3.8) is 0 Å². The summed E-state index contributed by atoms with van der Waals surface area (Å²) in [6.07, 6.45) is -1.13. The van der Waals surface area contributed by atoms with Gasteiger partial charge in [-0.1, -0.05) is 66.2 Å². The van der Waals surface area contributed by atoms with Gasteiger partial charge in [0.25, 0.3) is 0 Å². The largest absolute Gasteiger partial charge is 0.396 e. The van der Waals surface area contributed by atoms with Gasteiger partial charge in [0.05, 0.1) is 19.3 Å². The maximum Gasteiger partial charge on any atom is 0.187 e. The van der Waals surface area contributed by atoms with E-state index in [4.69, 9.17) is 18.9 Å². The lowest BCUT2D eigenvalue weighted by Crippen LogP contribution is -2.66. The number of fused-ring (bicyclic) bond motifs is 6. The van der Waals surface area contributed by atoms with Crippen LogP contribution in [0, 0.1) is 44.3 Å². The summed E-state index contributed by atoms with van der Waals surface area (Å²) in [5.41, 5.74) is 2.84. The Hall–Kier alpha value is -1.00. The first kappa shape index (κ1) is 41.2. The zero-order valence-electron chi connectivity index (χ0n) is 33.4. The number of aliphatic hydroxyl groups is 8. The van der Waals surface area contributed by atoms with Crippen molar-refractivity contribution in [2.45, 2.75) is 174 Å². The van der Waals surface area contributed by atoms with Crippen LogP contribution in [0.5, 0.6) is 0 Å². The van der Waals surface area contributed by atoms with Gasteiger partial charge in [0.2, 0.25) is 0 Å². The van der Waals surface area contributed by atoms with E-state index in [0.717, 1.165) is 44.9 Å². The molecule has 12 nitrogen and oxygen atoms in total. The van der Waals surface area contributed by atoms with Crippen molar-refractivity contribution in [1.82, 2.24) is 0 Å². The zero-order valence-corrected chi connectivity index (χ0v) is 33.4. The average Bonchev–Trinajstić information content (AvgIpc) is 3.13. The fourth-order valence-electron chi connectivity index (χ4n) is 12.9. The van der Waals surface area contributed by atoms with E-state index >= 15 is 0 Å². The Bertz CT molecular complexity index is 1470. The molecule has 7 rings (SSSR count). The zero-order chi connectivity index (χ0) is 39.4. The van der Waals surface area contributed by atoms with Crippen molar-refractivity contribution >= 4 is 0 Å². The monoisotopic (exact) mass is 764 g/mol. The summed E-state index contributed by atoms with van der Waals surface area (Å²) in [7, 11) is 0. The highest BCUT2D eigenvalue weighted by molar-refractivity contribution is 5.45. The minimum atomic E-state index is -1.73. The molecule has 0 bridgehead atoms. The average molecular weight is 765 g/mol. The third kappa shape index (κ3) is 6.06. The summed E-state index contributed by atoms with van der Waals surface area (Å²) < 4.78 is 24.4. The van der Waals surface area contributed by atoms with Crippen LogP contribution >= 0.6 is 0 Å². The summed E-state index contributed by atoms with van der Waals surface area (Å²) in [6.45, 7) is 15.7. The van der Waals surface area contributed by atoms with Crippen LogP contribution in [0.15, 0.2) is 23.3 Å². The SMILES string of the molecule is CC1(C)[C@@H](O[C@H]2O[C@H](CO)[C@@H](O)[C@H](O)[C@H]2O[C@@H]2O[C@H](CO)[C@@H](O)[C@H](O)[C@H]2O)CC[C@]2(C)C3C=CC4=C5C[C@@](C)(CO)CC[C@]5(C)CC[C@@]4(C)[C@]3(C)CC[C@@H]12. The van der Waals surface area contributed by atoms with Crippen LogP contribution in [0.1, 0.15) is 106 Å². The molecule has 3 saturated carbocycles. The van der Waals surface area contributed by atoms with Crippen LogP contribution in [0.2, 0.25) is 0 Å². The summed E-state index contributed by atoms with van der Waals surface area (Å²) >= 11 is 0. The van der Waals surface area contributed by atoms with Crippen molar-refractivity contribution in [1.29, 1.82) is 0 Å². The number of rotatable bonds is 7. The van der Waals surface area contributed by atoms with Gasteiger partial charge >= 0.3 is 0 Å². The summed E-state index contributed by atoms with van der Waals surface area (Å²) in [5.74, 6) is 0.600. The third-order valence-corrected chi connectivity index (χ3v) is 16.9. The summed E-state index contributed by atoms with van der Waals surface area (Å²) in [4.78, 5) is 0. The number of hydrogen-bond donors (Lipinski definition) is 8. The van der Waals surface area contributed by atoms with Crippen molar-refractivity contribution in [2.75, 3.05) is 19.8 Å². The van der Waals surface area contributed by atoms with Gasteiger partial charge in [-0.25, -0.2) is 0 Å². The van der Waals surface area contributed by atoms with Crippen LogP contribution < -0.4 is 0 Å². The molecule has 5 fully saturated rings. The minimum absolute atomic E-state index is 0.0155. The van der Waals surface area contributed by atoms with E-state index in [0.29, 0.717) is 12.3 Å². The maximum absolute atomic E-state index is 11.3. The molecule has 2 heterocycles. The van der Waals surface area contributed by atoms with E-state index in [1.165, 1.54) is 12.0 Å². The molecule has 0 aromatic rings. The van der Waals surface area contributed by atoms with Crippen LogP contribution in [-0.4, -0.2) is 128 Å². The molecular formula is C42H68O12. The molecule has 1 unspecified atom stereocenters. The second kappa shape index (κ2) is 14.1. The van der Waals surface area contributed by atoms with Gasteiger partial charge in [-0.3, -0.25) is 0 Å². The number of allylic oxidation sites excluding steroid dienone is 4. The Morgan fingerprint density at radius 3 is 1.96 bits per heavy atom. The molecule has 0 radical (unpaired) electrons. The predicted octanol–water partition coefficient (Wildman–Crippen LogP) is 2.71. The maximum atomic E-state index is 11.3. The van der Waals surface area contributed by atoms with Gasteiger partial charge in [-0.05, 0) is 108 Å². The third-order valence-electron chi connectivity index (χ3n) is 16.9. The number of aliphatic hydroxyl groups excluding tert-OH is 8. The standard InChI is InChI=1S/C42H68O12/c1-37(2)26-10-13-42(7)27(9-8-22-23-18-38(3,21-45)14-15-39(23,4)16-17-41(22,42)6)40(26,5)12-11-28(37)53-36-34(32(49)30(47)25(20-44)52-36)54-35-33(50)31(48)29(46)24(19-43)51-35/h8-9,24-36,43-50H,10-21H2,1-7H3/t24-,25-,26+,27?,28+,29-,30-,31+,32+,33-,34-,35+,36-,38+,39-,40+,41-,42-/m1/s1. The lowest BCUT2D eigenvalue weighted by molar-refractivity contribution is -0.378. The molecule has 18 atom stereocenters. The molecule has 0 amide bonds. The first-order valence-corrected chi connectivity index (χ1v) is 20.5. The van der Waals surface area contributed by atoms with Gasteiger partial charge < -0.3 is 59.8 Å². The highest BCUT2D eigenvalue weighted by Crippen LogP contribution is 2.74. The molecule has 308 valence electrons. The number of ether oxygens (including phenoxy) is 4. The molecule has 0 aromatic heterocycles. The van der Waals surface area contributed by atoms with Crippen LogP contribution in [0.25, 0.3) is 0 Å². The fraction of sp³-hybridized carbons (Fsp3) is 0.905. The lowest BCUT2D eigenvalue weighted by atomic mass is 9.35. The van der Waals surface area contributed by atoms with E-state index in [1.807, 2.05) is 0 Å². The van der Waals surface area contributed by atoms with Gasteiger partial charge in [0.15, 0.2) is 12.6 Å². The van der Waals surface area contributed by atoms with Gasteiger partial charge in [-0.2, -0.15) is 0 Å². The van der Waals surface area contributed by atoms with Gasteiger partial charge in [-0.15, -0.1) is 0 Å². The second-order valence-electron chi connectivity index (χ2n) is 20.3. The Morgan fingerprint density at radius 2 is 1.31 bits per heavy atom. The van der Waals surface area contributed by atoms with Crippen LogP contribution in [-0.2, 0) is 18.9 Å². The fourth-order valence-corrected chi connectivity index (χ4v) is 12.9. The molecule has 2 aliphatic heterocycles. The Labute approximate surface area is 320 Å². The molecule has 0 aromatic carbocycles. The normalized spacial score (nSPS) is 54.3. The van der Waals surface area contributed by atoms with Crippen molar-refractivity contribution < 1.29 is 59.8 Å². The van der Waals surface area contributed by atoms with Gasteiger partial charge in [0.1, 0.15) is 48.8 Å².